The summed E-state index contributed by atoms with van der Waals surface area (Å²) in [5.74, 6) is -0.817. The standard InChI is InChI=1S/C25H20ClFN2O/c1-2-17-6-10-24(11-7-17)29-25(30)21(16-28)14-20-15-22(26)9-8-19(20)12-18-4-3-5-23(27)13-18/h3-11,13-15H,2,12H2,1H3,(H,29,30)/b21-14+. The lowest BCUT2D eigenvalue weighted by atomic mass is 9.98. The van der Waals surface area contributed by atoms with Gasteiger partial charge in [0.05, 0.1) is 0 Å². The van der Waals surface area contributed by atoms with Crippen LogP contribution in [0.3, 0.4) is 0 Å². The van der Waals surface area contributed by atoms with Crippen LogP contribution >= 0.6 is 11.6 Å². The third kappa shape index (κ3) is 5.56. The normalized spacial score (nSPS) is 11.1. The molecule has 0 saturated heterocycles. The molecular formula is C25H20ClFN2O. The molecule has 30 heavy (non-hydrogen) atoms. The average Bonchev–Trinajstić information content (AvgIpc) is 2.74. The van der Waals surface area contributed by atoms with Crippen LogP contribution in [0.25, 0.3) is 6.08 Å². The molecular weight excluding hydrogens is 399 g/mol. The number of rotatable bonds is 6. The van der Waals surface area contributed by atoms with Crippen molar-refractivity contribution < 1.29 is 9.18 Å². The number of nitriles is 1. The first-order valence-electron chi connectivity index (χ1n) is 9.53. The Morgan fingerprint density at radius 1 is 1.10 bits per heavy atom. The van der Waals surface area contributed by atoms with Crippen molar-refractivity contribution in [3.05, 3.63) is 105 Å². The van der Waals surface area contributed by atoms with Crippen molar-refractivity contribution in [2.75, 3.05) is 5.32 Å². The van der Waals surface area contributed by atoms with Crippen LogP contribution in [0, 0.1) is 17.1 Å². The monoisotopic (exact) mass is 418 g/mol. The van der Waals surface area contributed by atoms with Gasteiger partial charge in [-0.2, -0.15) is 5.26 Å². The van der Waals surface area contributed by atoms with Crippen LogP contribution in [0.1, 0.15) is 29.2 Å². The lowest BCUT2D eigenvalue weighted by Crippen LogP contribution is -2.13. The maximum Gasteiger partial charge on any atom is 0.266 e. The Labute approximate surface area is 180 Å². The van der Waals surface area contributed by atoms with E-state index >= 15 is 0 Å². The summed E-state index contributed by atoms with van der Waals surface area (Å²) in [6, 6.07) is 21.0. The minimum Gasteiger partial charge on any atom is -0.321 e. The van der Waals surface area contributed by atoms with E-state index in [4.69, 9.17) is 11.6 Å². The second kappa shape index (κ2) is 9.87. The van der Waals surface area contributed by atoms with Crippen molar-refractivity contribution in [2.24, 2.45) is 0 Å². The van der Waals surface area contributed by atoms with E-state index in [9.17, 15) is 14.4 Å². The average molecular weight is 419 g/mol. The molecule has 0 unspecified atom stereocenters. The van der Waals surface area contributed by atoms with Crippen LogP contribution in [0.4, 0.5) is 10.1 Å². The fourth-order valence-corrected chi connectivity index (χ4v) is 3.23. The predicted molar refractivity (Wildman–Crippen MR) is 119 cm³/mol. The van der Waals surface area contributed by atoms with E-state index in [1.807, 2.05) is 30.3 Å². The molecule has 1 amide bonds. The van der Waals surface area contributed by atoms with Gasteiger partial charge in [0.15, 0.2) is 0 Å². The zero-order valence-corrected chi connectivity index (χ0v) is 17.2. The highest BCUT2D eigenvalue weighted by atomic mass is 35.5. The van der Waals surface area contributed by atoms with Gasteiger partial charge in [-0.3, -0.25) is 4.79 Å². The van der Waals surface area contributed by atoms with Gasteiger partial charge >= 0.3 is 0 Å². The van der Waals surface area contributed by atoms with Crippen LogP contribution in [-0.2, 0) is 17.6 Å². The molecule has 0 radical (unpaired) electrons. The molecule has 0 spiro atoms. The van der Waals surface area contributed by atoms with E-state index in [-0.39, 0.29) is 11.4 Å². The molecule has 3 aromatic carbocycles. The lowest BCUT2D eigenvalue weighted by Gasteiger charge is -2.09. The third-order valence-corrected chi connectivity index (χ3v) is 4.91. The highest BCUT2D eigenvalue weighted by Crippen LogP contribution is 2.23. The molecule has 0 aliphatic heterocycles. The Morgan fingerprint density at radius 3 is 2.53 bits per heavy atom. The summed E-state index contributed by atoms with van der Waals surface area (Å²) in [5, 5.41) is 12.8. The SMILES string of the molecule is CCc1ccc(NC(=O)/C(C#N)=C/c2cc(Cl)ccc2Cc2cccc(F)c2)cc1. The van der Waals surface area contributed by atoms with Crippen molar-refractivity contribution in [2.45, 2.75) is 19.8 Å². The van der Waals surface area contributed by atoms with Gasteiger partial charge in [-0.05, 0) is 77.6 Å². The summed E-state index contributed by atoms with van der Waals surface area (Å²) in [4.78, 5) is 12.6. The minimum absolute atomic E-state index is 0.0441. The Hall–Kier alpha value is -3.42. The molecule has 150 valence electrons. The van der Waals surface area contributed by atoms with E-state index in [0.29, 0.717) is 22.7 Å². The highest BCUT2D eigenvalue weighted by Gasteiger charge is 2.12. The minimum atomic E-state index is -0.501. The number of amides is 1. The molecule has 0 saturated carbocycles. The summed E-state index contributed by atoms with van der Waals surface area (Å²) in [5.41, 5.74) is 3.98. The lowest BCUT2D eigenvalue weighted by molar-refractivity contribution is -0.112. The quantitative estimate of drug-likeness (QED) is 0.384. The van der Waals surface area contributed by atoms with Gasteiger partial charge in [0.25, 0.3) is 5.91 Å². The smallest absolute Gasteiger partial charge is 0.266 e. The van der Waals surface area contributed by atoms with Gasteiger partial charge in [-0.15, -0.1) is 0 Å². The number of nitrogens with zero attached hydrogens (tertiary/aromatic N) is 1. The summed E-state index contributed by atoms with van der Waals surface area (Å²) in [6.07, 6.45) is 2.86. The maximum absolute atomic E-state index is 13.5. The van der Waals surface area contributed by atoms with Crippen LogP contribution in [-0.4, -0.2) is 5.91 Å². The molecule has 0 aliphatic rings. The molecule has 0 heterocycles. The zero-order chi connectivity index (χ0) is 21.5. The van der Waals surface area contributed by atoms with E-state index in [2.05, 4.69) is 12.2 Å². The van der Waals surface area contributed by atoms with Crippen molar-refractivity contribution >= 4 is 29.3 Å². The second-order valence-electron chi connectivity index (χ2n) is 6.82. The molecule has 3 aromatic rings. The Balaban J connectivity index is 1.87. The molecule has 0 aromatic heterocycles. The number of aryl methyl sites for hydroxylation is 1. The van der Waals surface area contributed by atoms with Gasteiger partial charge in [-0.1, -0.05) is 48.9 Å². The number of anilines is 1. The molecule has 1 N–H and O–H groups in total. The molecule has 0 aliphatic carbocycles. The molecule has 0 bridgehead atoms. The number of carbonyl (C=O) groups excluding carboxylic acids is 1. The van der Waals surface area contributed by atoms with Gasteiger partial charge in [0.1, 0.15) is 17.5 Å². The maximum atomic E-state index is 13.5. The zero-order valence-electron chi connectivity index (χ0n) is 16.5. The number of hydrogen-bond donors (Lipinski definition) is 1. The van der Waals surface area contributed by atoms with Crippen molar-refractivity contribution in [1.82, 2.24) is 0 Å². The fraction of sp³-hybridized carbons (Fsp3) is 0.120. The number of benzene rings is 3. The van der Waals surface area contributed by atoms with E-state index in [0.717, 1.165) is 23.1 Å². The number of hydrogen-bond acceptors (Lipinski definition) is 2. The van der Waals surface area contributed by atoms with Gasteiger partial charge in [0.2, 0.25) is 0 Å². The van der Waals surface area contributed by atoms with Crippen molar-refractivity contribution in [3.63, 3.8) is 0 Å². The number of halogens is 2. The van der Waals surface area contributed by atoms with Crippen LogP contribution < -0.4 is 5.32 Å². The number of nitrogens with one attached hydrogen (secondary N) is 1. The van der Waals surface area contributed by atoms with Crippen molar-refractivity contribution in [1.29, 1.82) is 5.26 Å². The summed E-state index contributed by atoms with van der Waals surface area (Å²) < 4.78 is 13.5. The largest absolute Gasteiger partial charge is 0.321 e. The first kappa shape index (κ1) is 21.3. The number of carbonyl (C=O) groups is 1. The summed E-state index contributed by atoms with van der Waals surface area (Å²) in [7, 11) is 0. The topological polar surface area (TPSA) is 52.9 Å². The molecule has 0 atom stereocenters. The first-order chi connectivity index (χ1) is 14.5. The fourth-order valence-electron chi connectivity index (χ4n) is 3.05. The Kier molecular flexibility index (Phi) is 7.00. The Morgan fingerprint density at radius 2 is 1.87 bits per heavy atom. The summed E-state index contributed by atoms with van der Waals surface area (Å²) >= 11 is 6.14. The summed E-state index contributed by atoms with van der Waals surface area (Å²) in [6.45, 7) is 2.05. The van der Waals surface area contributed by atoms with Gasteiger partial charge in [-0.25, -0.2) is 4.39 Å². The van der Waals surface area contributed by atoms with Gasteiger partial charge in [0, 0.05) is 10.7 Å². The predicted octanol–water partition coefficient (Wildman–Crippen LogP) is 6.18. The molecule has 5 heteroatoms. The third-order valence-electron chi connectivity index (χ3n) is 4.68. The van der Waals surface area contributed by atoms with Crippen LogP contribution in [0.15, 0.2) is 72.3 Å². The Bertz CT molecular complexity index is 1130. The highest BCUT2D eigenvalue weighted by molar-refractivity contribution is 6.30. The van der Waals surface area contributed by atoms with E-state index in [1.165, 1.54) is 18.2 Å². The molecule has 0 fully saturated rings. The van der Waals surface area contributed by atoms with Crippen molar-refractivity contribution in [3.8, 4) is 6.07 Å². The van der Waals surface area contributed by atoms with E-state index in [1.54, 1.807) is 30.3 Å². The van der Waals surface area contributed by atoms with Crippen LogP contribution in [0.2, 0.25) is 5.02 Å². The first-order valence-corrected chi connectivity index (χ1v) is 9.91. The van der Waals surface area contributed by atoms with E-state index < -0.39 is 5.91 Å². The van der Waals surface area contributed by atoms with Crippen LogP contribution in [0.5, 0.6) is 0 Å². The molecule has 3 nitrogen and oxygen atoms in total. The van der Waals surface area contributed by atoms with Gasteiger partial charge < -0.3 is 5.32 Å². The second-order valence-corrected chi connectivity index (χ2v) is 7.26. The molecule has 3 rings (SSSR count).